The van der Waals surface area contributed by atoms with Crippen molar-refractivity contribution in [2.45, 2.75) is 117 Å². The molecule has 0 radical (unpaired) electrons. The van der Waals surface area contributed by atoms with Crippen molar-refractivity contribution < 1.29 is 23.8 Å². The predicted octanol–water partition coefficient (Wildman–Crippen LogP) is 6.93. The van der Waals surface area contributed by atoms with Gasteiger partial charge in [0.2, 0.25) is 0 Å². The highest BCUT2D eigenvalue weighted by molar-refractivity contribution is 5.86. The highest BCUT2D eigenvalue weighted by Gasteiger charge is 2.04. The van der Waals surface area contributed by atoms with Crippen LogP contribution in [0.2, 0.25) is 0 Å². The van der Waals surface area contributed by atoms with Crippen molar-refractivity contribution in [3.63, 3.8) is 0 Å². The summed E-state index contributed by atoms with van der Waals surface area (Å²) in [6.07, 6.45) is 20.2. The number of carbonyl (C=O) groups is 2. The quantitative estimate of drug-likeness (QED) is 0.0979. The Morgan fingerprint density at radius 3 is 1.48 bits per heavy atom. The Bertz CT molecular complexity index is 447. The maximum Gasteiger partial charge on any atom is 0.333 e. The number of carbonyl (C=O) groups excluding carboxylic acids is 2. The van der Waals surface area contributed by atoms with Gasteiger partial charge in [0.15, 0.2) is 0 Å². The van der Waals surface area contributed by atoms with Gasteiger partial charge in [-0.2, -0.15) is 0 Å². The molecule has 0 aromatic rings. The molecule has 0 bridgehead atoms. The van der Waals surface area contributed by atoms with E-state index in [1.54, 1.807) is 6.92 Å². The van der Waals surface area contributed by atoms with Crippen molar-refractivity contribution in [2.75, 3.05) is 26.4 Å². The molecular weight excluding hydrogens is 392 g/mol. The predicted molar refractivity (Wildman–Crippen MR) is 127 cm³/mol. The minimum atomic E-state index is -0.418. The van der Waals surface area contributed by atoms with Gasteiger partial charge < -0.3 is 14.2 Å². The second-order valence-electron chi connectivity index (χ2n) is 8.45. The van der Waals surface area contributed by atoms with E-state index in [0.29, 0.717) is 18.6 Å². The molecule has 0 saturated carbocycles. The summed E-state index contributed by atoms with van der Waals surface area (Å²) in [4.78, 5) is 22.8. The Balaban J connectivity index is 3.21. The van der Waals surface area contributed by atoms with Crippen LogP contribution in [-0.2, 0) is 23.8 Å². The molecule has 0 aromatic heterocycles. The van der Waals surface area contributed by atoms with E-state index < -0.39 is 5.97 Å². The molecule has 0 spiro atoms. The van der Waals surface area contributed by atoms with Crippen molar-refractivity contribution in [1.82, 2.24) is 0 Å². The van der Waals surface area contributed by atoms with Gasteiger partial charge >= 0.3 is 11.9 Å². The van der Waals surface area contributed by atoms with Crippen molar-refractivity contribution >= 4 is 11.9 Å². The van der Waals surface area contributed by atoms with E-state index in [2.05, 4.69) is 13.5 Å². The topological polar surface area (TPSA) is 61.8 Å². The molecule has 182 valence electrons. The van der Waals surface area contributed by atoms with Crippen LogP contribution >= 0.6 is 0 Å². The second-order valence-corrected chi connectivity index (χ2v) is 8.45. The van der Waals surface area contributed by atoms with Gasteiger partial charge in [-0.25, -0.2) is 4.79 Å². The summed E-state index contributed by atoms with van der Waals surface area (Å²) < 4.78 is 15.3. The van der Waals surface area contributed by atoms with Crippen LogP contribution < -0.4 is 0 Å². The molecular formula is C26H48O5. The molecule has 0 aliphatic heterocycles. The van der Waals surface area contributed by atoms with Crippen LogP contribution in [0.3, 0.4) is 0 Å². The Morgan fingerprint density at radius 1 is 0.613 bits per heavy atom. The van der Waals surface area contributed by atoms with Crippen LogP contribution in [-0.4, -0.2) is 38.4 Å². The fraction of sp³-hybridized carbons (Fsp3) is 0.846. The highest BCUT2D eigenvalue weighted by atomic mass is 16.6. The van der Waals surface area contributed by atoms with Crippen LogP contribution in [0.4, 0.5) is 0 Å². The van der Waals surface area contributed by atoms with Crippen LogP contribution in [0, 0.1) is 0 Å². The van der Waals surface area contributed by atoms with Crippen molar-refractivity contribution in [2.24, 2.45) is 0 Å². The summed E-state index contributed by atoms with van der Waals surface area (Å²) in [6, 6.07) is 0. The molecule has 0 fully saturated rings. The third-order valence-corrected chi connectivity index (χ3v) is 5.28. The molecule has 0 unspecified atom stereocenters. The Hall–Kier alpha value is -1.36. The van der Waals surface area contributed by atoms with E-state index in [4.69, 9.17) is 14.2 Å². The summed E-state index contributed by atoms with van der Waals surface area (Å²) in [5.41, 5.74) is 0.368. The average molecular weight is 441 g/mol. The van der Waals surface area contributed by atoms with Gasteiger partial charge in [0.05, 0.1) is 13.2 Å². The normalized spacial score (nSPS) is 10.8. The lowest BCUT2D eigenvalue weighted by Crippen LogP contribution is -2.14. The van der Waals surface area contributed by atoms with Crippen molar-refractivity contribution in [3.8, 4) is 0 Å². The smallest absolute Gasteiger partial charge is 0.333 e. The maximum atomic E-state index is 11.7. The fourth-order valence-corrected chi connectivity index (χ4v) is 3.35. The minimum absolute atomic E-state index is 0.160. The molecule has 0 atom stereocenters. The fourth-order valence-electron chi connectivity index (χ4n) is 3.35. The molecule has 0 saturated heterocycles. The van der Waals surface area contributed by atoms with Crippen molar-refractivity contribution in [1.29, 1.82) is 0 Å². The summed E-state index contributed by atoms with van der Waals surface area (Å²) in [6.45, 7) is 8.39. The maximum absolute atomic E-state index is 11.7. The first-order valence-electron chi connectivity index (χ1n) is 12.6. The lowest BCUT2D eigenvalue weighted by molar-refractivity contribution is -0.145. The molecule has 0 N–H and O–H groups in total. The van der Waals surface area contributed by atoms with Crippen LogP contribution in [0.1, 0.15) is 117 Å². The summed E-state index contributed by atoms with van der Waals surface area (Å²) in [7, 11) is 0. The summed E-state index contributed by atoms with van der Waals surface area (Å²) >= 11 is 0. The Labute approximate surface area is 191 Å². The van der Waals surface area contributed by atoms with E-state index in [-0.39, 0.29) is 25.8 Å². The molecule has 0 aliphatic rings. The number of unbranched alkanes of at least 4 members (excludes halogenated alkanes) is 14. The lowest BCUT2D eigenvalue weighted by atomic mass is 10.0. The zero-order valence-electron chi connectivity index (χ0n) is 20.4. The number of hydrogen-bond donors (Lipinski definition) is 0. The number of hydrogen-bond acceptors (Lipinski definition) is 5. The lowest BCUT2D eigenvalue weighted by Gasteiger charge is -2.07. The highest BCUT2D eigenvalue weighted by Crippen LogP contribution is 2.13. The zero-order chi connectivity index (χ0) is 23.0. The van der Waals surface area contributed by atoms with Gasteiger partial charge in [-0.15, -0.1) is 0 Å². The standard InChI is InChI=1S/C26H48O5/c1-4-5-6-7-8-9-10-11-12-13-14-15-16-17-18-19-25(27)30-22-20-29-21-23-31-26(28)24(2)3/h2,4-23H2,1,3H3. The van der Waals surface area contributed by atoms with Gasteiger partial charge in [-0.05, 0) is 13.3 Å². The number of esters is 2. The molecule has 0 aliphatic carbocycles. The van der Waals surface area contributed by atoms with Crippen molar-refractivity contribution in [3.05, 3.63) is 12.2 Å². The average Bonchev–Trinajstić information content (AvgIpc) is 2.75. The van der Waals surface area contributed by atoms with E-state index >= 15 is 0 Å². The minimum Gasteiger partial charge on any atom is -0.463 e. The SMILES string of the molecule is C=C(C)C(=O)OCCOCCOC(=O)CCCCCCCCCCCCCCCCC. The van der Waals surface area contributed by atoms with Crippen LogP contribution in [0.25, 0.3) is 0 Å². The summed E-state index contributed by atoms with van der Waals surface area (Å²) in [5, 5.41) is 0. The molecule has 31 heavy (non-hydrogen) atoms. The van der Waals surface area contributed by atoms with Gasteiger partial charge in [-0.1, -0.05) is 103 Å². The van der Waals surface area contributed by atoms with E-state index in [9.17, 15) is 9.59 Å². The third-order valence-electron chi connectivity index (χ3n) is 5.28. The molecule has 0 amide bonds. The molecule has 5 nitrogen and oxygen atoms in total. The Morgan fingerprint density at radius 2 is 1.03 bits per heavy atom. The first-order valence-corrected chi connectivity index (χ1v) is 12.6. The number of rotatable bonds is 23. The largest absolute Gasteiger partial charge is 0.463 e. The molecule has 0 aromatic carbocycles. The zero-order valence-corrected chi connectivity index (χ0v) is 20.4. The van der Waals surface area contributed by atoms with E-state index in [1.807, 2.05) is 0 Å². The summed E-state index contributed by atoms with van der Waals surface area (Å²) in [5.74, 6) is -0.578. The molecule has 0 heterocycles. The Kier molecular flexibility index (Phi) is 22.3. The van der Waals surface area contributed by atoms with Gasteiger partial charge in [-0.3, -0.25) is 4.79 Å². The van der Waals surface area contributed by atoms with E-state index in [1.165, 1.54) is 83.5 Å². The molecule has 0 rings (SSSR count). The molecule has 5 heteroatoms. The van der Waals surface area contributed by atoms with Gasteiger partial charge in [0.1, 0.15) is 13.2 Å². The second kappa shape index (κ2) is 23.3. The third kappa shape index (κ3) is 23.1. The van der Waals surface area contributed by atoms with Crippen LogP contribution in [0.5, 0.6) is 0 Å². The monoisotopic (exact) mass is 440 g/mol. The van der Waals surface area contributed by atoms with E-state index in [0.717, 1.165) is 12.8 Å². The van der Waals surface area contributed by atoms with Gasteiger partial charge in [0, 0.05) is 12.0 Å². The number of ether oxygens (including phenoxy) is 3. The van der Waals surface area contributed by atoms with Gasteiger partial charge in [0.25, 0.3) is 0 Å². The first kappa shape index (κ1) is 29.6. The first-order chi connectivity index (χ1) is 15.1. The van der Waals surface area contributed by atoms with Crippen LogP contribution in [0.15, 0.2) is 12.2 Å².